The van der Waals surface area contributed by atoms with Crippen molar-refractivity contribution in [1.29, 1.82) is 0 Å². The zero-order chi connectivity index (χ0) is 15.9. The first kappa shape index (κ1) is 16.7. The fourth-order valence-electron chi connectivity index (χ4n) is 3.33. The quantitative estimate of drug-likeness (QED) is 0.563. The maximum absolute atomic E-state index is 13.8. The van der Waals surface area contributed by atoms with Gasteiger partial charge in [0.1, 0.15) is 5.82 Å². The van der Waals surface area contributed by atoms with Crippen molar-refractivity contribution >= 4 is 0 Å². The summed E-state index contributed by atoms with van der Waals surface area (Å²) in [5.41, 5.74) is 3.48. The molecule has 0 N–H and O–H groups in total. The zero-order valence-corrected chi connectivity index (χ0v) is 14.0. The lowest BCUT2D eigenvalue weighted by Crippen LogP contribution is -2.09. The molecule has 0 aliphatic rings. The van der Waals surface area contributed by atoms with Crippen molar-refractivity contribution in [1.82, 2.24) is 0 Å². The predicted molar refractivity (Wildman–Crippen MR) is 92.7 cm³/mol. The van der Waals surface area contributed by atoms with E-state index in [-0.39, 0.29) is 5.82 Å². The number of benzene rings is 2. The van der Waals surface area contributed by atoms with Gasteiger partial charge in [-0.25, -0.2) is 4.39 Å². The lowest BCUT2D eigenvalue weighted by molar-refractivity contribution is 0.431. The van der Waals surface area contributed by atoms with E-state index in [4.69, 9.17) is 0 Å². The summed E-state index contributed by atoms with van der Waals surface area (Å²) in [6.45, 7) is 6.52. The molecule has 0 aliphatic carbocycles. The van der Waals surface area contributed by atoms with Gasteiger partial charge in [-0.05, 0) is 60.4 Å². The summed E-state index contributed by atoms with van der Waals surface area (Å²) in [6.07, 6.45) is 4.55. The van der Waals surface area contributed by atoms with Crippen LogP contribution >= 0.6 is 0 Å². The van der Waals surface area contributed by atoms with Gasteiger partial charge < -0.3 is 0 Å². The first-order chi connectivity index (χ1) is 10.6. The summed E-state index contributed by atoms with van der Waals surface area (Å²) in [7, 11) is 0. The van der Waals surface area contributed by atoms with Crippen LogP contribution in [0.3, 0.4) is 0 Å². The molecular weight excluding hydrogens is 271 g/mol. The van der Waals surface area contributed by atoms with Gasteiger partial charge in [0.25, 0.3) is 0 Å². The number of hydrogen-bond acceptors (Lipinski definition) is 0. The fraction of sp³-hybridized carbons (Fsp3) is 0.429. The highest BCUT2D eigenvalue weighted by Crippen LogP contribution is 2.30. The average Bonchev–Trinajstić information content (AvgIpc) is 2.47. The molecule has 0 saturated carbocycles. The summed E-state index contributed by atoms with van der Waals surface area (Å²) >= 11 is 0. The van der Waals surface area contributed by atoms with Crippen LogP contribution in [0, 0.1) is 18.7 Å². The normalized spacial score (nSPS) is 13.8. The third-order valence-corrected chi connectivity index (χ3v) is 4.33. The molecule has 0 bridgehead atoms. The molecule has 2 aromatic rings. The van der Waals surface area contributed by atoms with Gasteiger partial charge in [-0.3, -0.25) is 0 Å². The molecule has 0 nitrogen and oxygen atoms in total. The smallest absolute Gasteiger partial charge is 0.123 e. The Hall–Kier alpha value is -1.63. The van der Waals surface area contributed by atoms with Crippen molar-refractivity contribution in [3.63, 3.8) is 0 Å². The predicted octanol–water partition coefficient (Wildman–Crippen LogP) is 6.29. The van der Waals surface area contributed by atoms with E-state index in [1.54, 1.807) is 12.1 Å². The van der Waals surface area contributed by atoms with E-state index in [9.17, 15) is 4.39 Å². The second kappa shape index (κ2) is 8.12. The van der Waals surface area contributed by atoms with E-state index in [0.29, 0.717) is 11.8 Å². The molecule has 22 heavy (non-hydrogen) atoms. The minimum Gasteiger partial charge on any atom is -0.207 e. The number of halogens is 1. The molecule has 0 aliphatic heterocycles. The Morgan fingerprint density at radius 2 is 1.77 bits per heavy atom. The minimum absolute atomic E-state index is 0.115. The van der Waals surface area contributed by atoms with E-state index in [1.165, 1.54) is 18.4 Å². The van der Waals surface area contributed by atoms with Crippen LogP contribution in [-0.2, 0) is 6.42 Å². The van der Waals surface area contributed by atoms with E-state index in [1.807, 2.05) is 13.0 Å². The molecule has 0 spiro atoms. The van der Waals surface area contributed by atoms with Gasteiger partial charge in [-0.1, -0.05) is 63.1 Å². The second-order valence-corrected chi connectivity index (χ2v) is 6.58. The van der Waals surface area contributed by atoms with Crippen molar-refractivity contribution < 1.29 is 4.39 Å². The van der Waals surface area contributed by atoms with Crippen LogP contribution in [0.1, 0.15) is 55.7 Å². The highest BCUT2D eigenvalue weighted by Gasteiger charge is 2.17. The van der Waals surface area contributed by atoms with Crippen molar-refractivity contribution in [2.45, 2.75) is 52.4 Å². The molecule has 0 saturated heterocycles. The first-order valence-electron chi connectivity index (χ1n) is 8.39. The zero-order valence-electron chi connectivity index (χ0n) is 14.0. The summed E-state index contributed by atoms with van der Waals surface area (Å²) in [5, 5.41) is 0. The molecule has 1 heteroatoms. The van der Waals surface area contributed by atoms with E-state index >= 15 is 0 Å². The van der Waals surface area contributed by atoms with Gasteiger partial charge in [-0.2, -0.15) is 0 Å². The minimum atomic E-state index is -0.115. The SMILES string of the molecule is CCC[C@H](C)CC(Cc1ccccc1)c1cc(C)cc(F)c1. The number of aryl methyl sites for hydroxylation is 1. The van der Waals surface area contributed by atoms with Gasteiger partial charge in [0.2, 0.25) is 0 Å². The van der Waals surface area contributed by atoms with Crippen LogP contribution in [0.4, 0.5) is 4.39 Å². The largest absolute Gasteiger partial charge is 0.207 e. The highest BCUT2D eigenvalue weighted by molar-refractivity contribution is 5.29. The maximum atomic E-state index is 13.8. The van der Waals surface area contributed by atoms with Crippen LogP contribution in [0.2, 0.25) is 0 Å². The molecule has 118 valence electrons. The summed E-state index contributed by atoms with van der Waals surface area (Å²) in [4.78, 5) is 0. The Balaban J connectivity index is 2.23. The molecule has 0 heterocycles. The topological polar surface area (TPSA) is 0 Å². The van der Waals surface area contributed by atoms with Crippen LogP contribution in [0.5, 0.6) is 0 Å². The average molecular weight is 298 g/mol. The van der Waals surface area contributed by atoms with Crippen molar-refractivity contribution in [2.24, 2.45) is 5.92 Å². The van der Waals surface area contributed by atoms with Gasteiger partial charge in [0.05, 0.1) is 0 Å². The summed E-state index contributed by atoms with van der Waals surface area (Å²) < 4.78 is 13.8. The van der Waals surface area contributed by atoms with Crippen molar-refractivity contribution in [3.05, 3.63) is 71.0 Å². The Labute approximate surface area is 134 Å². The third-order valence-electron chi connectivity index (χ3n) is 4.33. The van der Waals surface area contributed by atoms with E-state index < -0.39 is 0 Å². The molecular formula is C21H27F. The second-order valence-electron chi connectivity index (χ2n) is 6.58. The lowest BCUT2D eigenvalue weighted by atomic mass is 9.83. The molecule has 0 amide bonds. The monoisotopic (exact) mass is 298 g/mol. The maximum Gasteiger partial charge on any atom is 0.123 e. The fourth-order valence-corrected chi connectivity index (χ4v) is 3.33. The van der Waals surface area contributed by atoms with E-state index in [2.05, 4.69) is 44.2 Å². The Bertz CT molecular complexity index is 553. The molecule has 1 unspecified atom stereocenters. The number of rotatable bonds is 7. The Kier molecular flexibility index (Phi) is 6.18. The molecule has 0 fully saturated rings. The molecule has 2 atom stereocenters. The third kappa shape index (κ3) is 4.98. The van der Waals surface area contributed by atoms with Gasteiger partial charge in [-0.15, -0.1) is 0 Å². The summed E-state index contributed by atoms with van der Waals surface area (Å²) in [6, 6.07) is 16.0. The standard InChI is InChI=1S/C21H27F/c1-4-8-16(2)11-19(14-18-9-6-5-7-10-18)20-12-17(3)13-21(22)15-20/h5-7,9-10,12-13,15-16,19H,4,8,11,14H2,1-3H3/t16-,19?/m0/s1. The molecule has 0 aromatic heterocycles. The van der Waals surface area contributed by atoms with Crippen LogP contribution in [0.25, 0.3) is 0 Å². The molecule has 0 radical (unpaired) electrons. The van der Waals surface area contributed by atoms with Gasteiger partial charge in [0, 0.05) is 0 Å². The van der Waals surface area contributed by atoms with Gasteiger partial charge in [0.15, 0.2) is 0 Å². The van der Waals surface area contributed by atoms with Crippen LogP contribution < -0.4 is 0 Å². The first-order valence-corrected chi connectivity index (χ1v) is 8.39. The van der Waals surface area contributed by atoms with E-state index in [0.717, 1.165) is 24.0 Å². The van der Waals surface area contributed by atoms with Crippen LogP contribution in [-0.4, -0.2) is 0 Å². The Morgan fingerprint density at radius 1 is 1.05 bits per heavy atom. The Morgan fingerprint density at radius 3 is 2.41 bits per heavy atom. The number of hydrogen-bond donors (Lipinski definition) is 0. The van der Waals surface area contributed by atoms with Crippen molar-refractivity contribution in [2.75, 3.05) is 0 Å². The van der Waals surface area contributed by atoms with Crippen molar-refractivity contribution in [3.8, 4) is 0 Å². The van der Waals surface area contributed by atoms with Crippen LogP contribution in [0.15, 0.2) is 48.5 Å². The van der Waals surface area contributed by atoms with Gasteiger partial charge >= 0.3 is 0 Å². The lowest BCUT2D eigenvalue weighted by Gasteiger charge is -2.22. The molecule has 2 aromatic carbocycles. The molecule has 2 rings (SSSR count). The highest BCUT2D eigenvalue weighted by atomic mass is 19.1. The summed E-state index contributed by atoms with van der Waals surface area (Å²) in [5.74, 6) is 0.942.